The van der Waals surface area contributed by atoms with Gasteiger partial charge in [-0.05, 0) is 36.4 Å². The molecule has 1 aliphatic heterocycles. The van der Waals surface area contributed by atoms with Crippen LogP contribution in [0.5, 0.6) is 23.0 Å². The molecule has 5 atom stereocenters. The molecule has 158 valence electrons. The van der Waals surface area contributed by atoms with E-state index in [2.05, 4.69) is 19.2 Å². The predicted octanol–water partition coefficient (Wildman–Crippen LogP) is 3.74. The molecule has 6 nitrogen and oxygen atoms in total. The molecular formula is C23H31NO5. The van der Waals surface area contributed by atoms with E-state index in [1.807, 2.05) is 36.4 Å². The number of benzene rings is 2. The van der Waals surface area contributed by atoms with E-state index in [1.54, 1.807) is 28.4 Å². The van der Waals surface area contributed by atoms with E-state index >= 15 is 0 Å². The fourth-order valence-corrected chi connectivity index (χ4v) is 4.28. The Morgan fingerprint density at radius 1 is 0.690 bits per heavy atom. The standard InChI is InChI=1S/C23H31NO5/c1-13-21(17-11-15(26-3)7-9-19(17)28-5)24-22(14(2)23(13)25)18-12-16(27-4)8-10-20(18)29-6/h7-14,21-25H,1-6H3/t13-,14+,21-,22+,23?. The van der Waals surface area contributed by atoms with Gasteiger partial charge in [-0.1, -0.05) is 13.8 Å². The molecule has 1 aliphatic rings. The zero-order chi connectivity index (χ0) is 21.1. The summed E-state index contributed by atoms with van der Waals surface area (Å²) in [4.78, 5) is 0. The van der Waals surface area contributed by atoms with Crippen LogP contribution in [0, 0.1) is 11.8 Å². The lowest BCUT2D eigenvalue weighted by molar-refractivity contribution is -0.00770. The summed E-state index contributed by atoms with van der Waals surface area (Å²) in [7, 11) is 6.59. The second kappa shape index (κ2) is 8.93. The minimum Gasteiger partial charge on any atom is -0.497 e. The van der Waals surface area contributed by atoms with Crippen molar-refractivity contribution in [1.29, 1.82) is 0 Å². The van der Waals surface area contributed by atoms with Gasteiger partial charge in [-0.2, -0.15) is 0 Å². The van der Waals surface area contributed by atoms with Crippen LogP contribution in [0.4, 0.5) is 0 Å². The van der Waals surface area contributed by atoms with Crippen molar-refractivity contribution in [2.24, 2.45) is 11.8 Å². The number of aliphatic hydroxyl groups is 1. The van der Waals surface area contributed by atoms with E-state index < -0.39 is 6.10 Å². The second-order valence-corrected chi connectivity index (χ2v) is 7.55. The van der Waals surface area contributed by atoms with Crippen LogP contribution in [0.15, 0.2) is 36.4 Å². The quantitative estimate of drug-likeness (QED) is 0.769. The molecule has 1 saturated heterocycles. The van der Waals surface area contributed by atoms with E-state index in [0.29, 0.717) is 0 Å². The first-order valence-corrected chi connectivity index (χ1v) is 9.83. The number of hydrogen-bond acceptors (Lipinski definition) is 6. The highest BCUT2D eigenvalue weighted by atomic mass is 16.5. The Bertz CT molecular complexity index is 773. The van der Waals surface area contributed by atoms with Crippen molar-refractivity contribution in [2.75, 3.05) is 28.4 Å². The average Bonchev–Trinajstić information content (AvgIpc) is 2.76. The van der Waals surface area contributed by atoms with Gasteiger partial charge >= 0.3 is 0 Å². The number of aliphatic hydroxyl groups excluding tert-OH is 1. The SMILES string of the molecule is COc1ccc(OC)c([C@H]2N[C@@H](c3cc(OC)ccc3OC)[C@@H](C)C(O)[C@H]2C)c1. The number of hydrogen-bond donors (Lipinski definition) is 2. The number of rotatable bonds is 6. The smallest absolute Gasteiger partial charge is 0.123 e. The van der Waals surface area contributed by atoms with Crippen molar-refractivity contribution in [3.05, 3.63) is 47.5 Å². The van der Waals surface area contributed by atoms with Gasteiger partial charge in [0.2, 0.25) is 0 Å². The Morgan fingerprint density at radius 2 is 1.10 bits per heavy atom. The van der Waals surface area contributed by atoms with Crippen LogP contribution in [0.1, 0.15) is 37.1 Å². The number of nitrogens with one attached hydrogen (secondary N) is 1. The summed E-state index contributed by atoms with van der Waals surface area (Å²) in [5.74, 6) is 2.95. The Hall–Kier alpha value is -2.44. The first-order valence-electron chi connectivity index (χ1n) is 9.83. The van der Waals surface area contributed by atoms with Gasteiger partial charge in [0.25, 0.3) is 0 Å². The summed E-state index contributed by atoms with van der Waals surface area (Å²) < 4.78 is 22.1. The van der Waals surface area contributed by atoms with E-state index in [4.69, 9.17) is 18.9 Å². The first-order chi connectivity index (χ1) is 13.9. The van der Waals surface area contributed by atoms with E-state index in [1.165, 1.54) is 0 Å². The Morgan fingerprint density at radius 3 is 1.45 bits per heavy atom. The summed E-state index contributed by atoms with van der Waals surface area (Å²) in [6.07, 6.45) is -0.516. The minimum absolute atomic E-state index is 0.0288. The molecule has 29 heavy (non-hydrogen) atoms. The van der Waals surface area contributed by atoms with Crippen LogP contribution >= 0.6 is 0 Å². The maximum Gasteiger partial charge on any atom is 0.123 e. The second-order valence-electron chi connectivity index (χ2n) is 7.55. The molecular weight excluding hydrogens is 370 g/mol. The zero-order valence-electron chi connectivity index (χ0n) is 17.9. The highest BCUT2D eigenvalue weighted by Gasteiger charge is 2.42. The summed E-state index contributed by atoms with van der Waals surface area (Å²) >= 11 is 0. The Labute approximate surface area is 172 Å². The van der Waals surface area contributed by atoms with Crippen molar-refractivity contribution >= 4 is 0 Å². The third-order valence-electron chi connectivity index (χ3n) is 6.03. The van der Waals surface area contributed by atoms with Crippen molar-refractivity contribution < 1.29 is 24.1 Å². The third kappa shape index (κ3) is 4.00. The molecule has 0 aromatic heterocycles. The molecule has 2 aromatic rings. The van der Waals surface area contributed by atoms with Gasteiger partial charge in [-0.25, -0.2) is 0 Å². The minimum atomic E-state index is -0.516. The highest BCUT2D eigenvalue weighted by Crippen LogP contribution is 2.45. The van der Waals surface area contributed by atoms with Crippen LogP contribution in [0.2, 0.25) is 0 Å². The van der Waals surface area contributed by atoms with Crippen molar-refractivity contribution in [1.82, 2.24) is 5.32 Å². The maximum atomic E-state index is 11.1. The molecule has 3 rings (SSSR count). The summed E-state index contributed by atoms with van der Waals surface area (Å²) in [5.41, 5.74) is 1.91. The number of ether oxygens (including phenoxy) is 4. The molecule has 0 radical (unpaired) electrons. The molecule has 0 saturated carbocycles. The fraction of sp³-hybridized carbons (Fsp3) is 0.478. The van der Waals surface area contributed by atoms with Gasteiger partial charge in [0.15, 0.2) is 0 Å². The summed E-state index contributed by atoms with van der Waals surface area (Å²) in [5, 5.41) is 14.8. The predicted molar refractivity (Wildman–Crippen MR) is 112 cm³/mol. The monoisotopic (exact) mass is 401 g/mol. The van der Waals surface area contributed by atoms with Crippen LogP contribution in [-0.4, -0.2) is 39.6 Å². The number of piperidine rings is 1. The lowest BCUT2D eigenvalue weighted by Crippen LogP contribution is -2.49. The molecule has 0 bridgehead atoms. The van der Waals surface area contributed by atoms with Crippen molar-refractivity contribution in [3.8, 4) is 23.0 Å². The molecule has 0 spiro atoms. The topological polar surface area (TPSA) is 69.2 Å². The molecule has 1 heterocycles. The van der Waals surface area contributed by atoms with Gasteiger partial charge in [0, 0.05) is 35.0 Å². The summed E-state index contributed by atoms with van der Waals surface area (Å²) in [6.45, 7) is 4.10. The van der Waals surface area contributed by atoms with E-state index in [-0.39, 0.29) is 23.9 Å². The molecule has 2 aromatic carbocycles. The lowest BCUT2D eigenvalue weighted by Gasteiger charge is -2.44. The fourth-order valence-electron chi connectivity index (χ4n) is 4.28. The normalized spacial score (nSPS) is 26.7. The van der Waals surface area contributed by atoms with Gasteiger partial charge in [-0.15, -0.1) is 0 Å². The van der Waals surface area contributed by atoms with Gasteiger partial charge in [0.1, 0.15) is 23.0 Å². The van der Waals surface area contributed by atoms with Crippen molar-refractivity contribution in [3.63, 3.8) is 0 Å². The zero-order valence-corrected chi connectivity index (χ0v) is 17.9. The van der Waals surface area contributed by atoms with Crippen LogP contribution in [-0.2, 0) is 0 Å². The molecule has 1 unspecified atom stereocenters. The van der Waals surface area contributed by atoms with Crippen LogP contribution < -0.4 is 24.3 Å². The maximum absolute atomic E-state index is 11.1. The average molecular weight is 402 g/mol. The highest BCUT2D eigenvalue weighted by molar-refractivity contribution is 5.46. The van der Waals surface area contributed by atoms with Gasteiger partial charge in [-0.3, -0.25) is 0 Å². The van der Waals surface area contributed by atoms with Gasteiger partial charge in [0.05, 0.1) is 34.5 Å². The molecule has 0 amide bonds. The molecule has 6 heteroatoms. The third-order valence-corrected chi connectivity index (χ3v) is 6.03. The molecule has 0 aliphatic carbocycles. The molecule has 1 fully saturated rings. The largest absolute Gasteiger partial charge is 0.497 e. The first kappa shape index (κ1) is 21.3. The van der Waals surface area contributed by atoms with E-state index in [0.717, 1.165) is 34.1 Å². The van der Waals surface area contributed by atoms with Gasteiger partial charge < -0.3 is 29.4 Å². The van der Waals surface area contributed by atoms with E-state index in [9.17, 15) is 5.11 Å². The van der Waals surface area contributed by atoms with Crippen molar-refractivity contribution in [2.45, 2.75) is 32.0 Å². The summed E-state index contributed by atoms with van der Waals surface area (Å²) in [6, 6.07) is 11.2. The lowest BCUT2D eigenvalue weighted by atomic mass is 9.74. The van der Waals surface area contributed by atoms with Crippen LogP contribution in [0.25, 0.3) is 0 Å². The molecule has 2 N–H and O–H groups in total. The van der Waals surface area contributed by atoms with Crippen LogP contribution in [0.3, 0.4) is 0 Å². The number of methoxy groups -OCH3 is 4. The Kier molecular flexibility index (Phi) is 6.55. The Balaban J connectivity index is 2.07.